The molecule has 0 aromatic rings. The standard InChI is InChI=1S/C10H21N3O2/c1-5-10(2,7-11)9(15)12-6-8(14)13(3)4/h5-7,11H2,1-4H3,(H,12,15). The first-order valence-electron chi connectivity index (χ1n) is 5.06. The predicted octanol–water partition coefficient (Wildman–Crippen LogP) is -0.434. The first kappa shape index (κ1) is 13.9. The van der Waals surface area contributed by atoms with Crippen molar-refractivity contribution in [3.8, 4) is 0 Å². The highest BCUT2D eigenvalue weighted by Gasteiger charge is 2.29. The third-order valence-electron chi connectivity index (χ3n) is 2.68. The van der Waals surface area contributed by atoms with Gasteiger partial charge in [0.15, 0.2) is 0 Å². The van der Waals surface area contributed by atoms with Crippen LogP contribution in [-0.4, -0.2) is 43.9 Å². The average molecular weight is 215 g/mol. The summed E-state index contributed by atoms with van der Waals surface area (Å²) >= 11 is 0. The molecule has 0 aromatic heterocycles. The Morgan fingerprint density at radius 2 is 1.93 bits per heavy atom. The molecule has 0 heterocycles. The Labute approximate surface area is 91.0 Å². The summed E-state index contributed by atoms with van der Waals surface area (Å²) in [5.41, 5.74) is 4.95. The van der Waals surface area contributed by atoms with Crippen molar-refractivity contribution in [3.63, 3.8) is 0 Å². The molecule has 1 atom stereocenters. The second kappa shape index (κ2) is 5.70. The summed E-state index contributed by atoms with van der Waals surface area (Å²) in [6, 6.07) is 0. The van der Waals surface area contributed by atoms with E-state index in [9.17, 15) is 9.59 Å². The van der Waals surface area contributed by atoms with Gasteiger partial charge >= 0.3 is 0 Å². The third kappa shape index (κ3) is 3.87. The highest BCUT2D eigenvalue weighted by Crippen LogP contribution is 2.18. The molecule has 0 rings (SSSR count). The minimum absolute atomic E-state index is 0.0292. The van der Waals surface area contributed by atoms with Crippen molar-refractivity contribution in [2.24, 2.45) is 11.1 Å². The van der Waals surface area contributed by atoms with Crippen LogP contribution in [-0.2, 0) is 9.59 Å². The van der Waals surface area contributed by atoms with E-state index in [2.05, 4.69) is 5.32 Å². The van der Waals surface area contributed by atoms with Crippen molar-refractivity contribution >= 4 is 11.8 Å². The highest BCUT2D eigenvalue weighted by molar-refractivity contribution is 5.87. The van der Waals surface area contributed by atoms with Gasteiger partial charge in [-0.15, -0.1) is 0 Å². The molecule has 5 nitrogen and oxygen atoms in total. The molecule has 88 valence electrons. The van der Waals surface area contributed by atoms with Crippen LogP contribution in [0.25, 0.3) is 0 Å². The molecule has 0 aliphatic carbocycles. The van der Waals surface area contributed by atoms with Gasteiger partial charge in [-0.3, -0.25) is 9.59 Å². The molecular weight excluding hydrogens is 194 g/mol. The average Bonchev–Trinajstić information content (AvgIpc) is 2.23. The van der Waals surface area contributed by atoms with Crippen LogP contribution in [0.5, 0.6) is 0 Å². The van der Waals surface area contributed by atoms with Gasteiger partial charge in [0, 0.05) is 20.6 Å². The van der Waals surface area contributed by atoms with Gasteiger partial charge in [-0.25, -0.2) is 0 Å². The maximum Gasteiger partial charge on any atom is 0.241 e. The summed E-state index contributed by atoms with van der Waals surface area (Å²) in [6.07, 6.45) is 0.658. The zero-order valence-electron chi connectivity index (χ0n) is 9.96. The minimum Gasteiger partial charge on any atom is -0.347 e. The second-order valence-electron chi connectivity index (χ2n) is 4.09. The van der Waals surface area contributed by atoms with Gasteiger partial charge in [-0.1, -0.05) is 6.92 Å². The number of carbonyl (C=O) groups excluding carboxylic acids is 2. The van der Waals surface area contributed by atoms with Gasteiger partial charge in [0.1, 0.15) is 0 Å². The Hall–Kier alpha value is -1.10. The Balaban J connectivity index is 4.20. The van der Waals surface area contributed by atoms with Crippen molar-refractivity contribution in [1.82, 2.24) is 10.2 Å². The largest absolute Gasteiger partial charge is 0.347 e. The van der Waals surface area contributed by atoms with Crippen LogP contribution in [0.3, 0.4) is 0 Å². The Morgan fingerprint density at radius 3 is 2.27 bits per heavy atom. The fourth-order valence-electron chi connectivity index (χ4n) is 0.925. The van der Waals surface area contributed by atoms with Crippen LogP contribution in [0.15, 0.2) is 0 Å². The molecule has 5 heteroatoms. The summed E-state index contributed by atoms with van der Waals surface area (Å²) in [6.45, 7) is 4.01. The van der Waals surface area contributed by atoms with Crippen LogP contribution in [0.1, 0.15) is 20.3 Å². The summed E-state index contributed by atoms with van der Waals surface area (Å²) in [7, 11) is 3.30. The number of nitrogens with two attached hydrogens (primary N) is 1. The topological polar surface area (TPSA) is 75.4 Å². The predicted molar refractivity (Wildman–Crippen MR) is 59.2 cm³/mol. The number of hydrogen-bond acceptors (Lipinski definition) is 3. The van der Waals surface area contributed by atoms with Crippen LogP contribution in [0, 0.1) is 5.41 Å². The number of rotatable bonds is 5. The molecule has 0 radical (unpaired) electrons. The number of amides is 2. The van der Waals surface area contributed by atoms with E-state index in [1.165, 1.54) is 4.90 Å². The maximum atomic E-state index is 11.7. The van der Waals surface area contributed by atoms with Gasteiger partial charge < -0.3 is 16.0 Å². The highest BCUT2D eigenvalue weighted by atomic mass is 16.2. The van der Waals surface area contributed by atoms with Gasteiger partial charge in [-0.2, -0.15) is 0 Å². The van der Waals surface area contributed by atoms with Gasteiger partial charge in [-0.05, 0) is 13.3 Å². The van der Waals surface area contributed by atoms with Crippen molar-refractivity contribution < 1.29 is 9.59 Å². The maximum absolute atomic E-state index is 11.7. The number of hydrogen-bond donors (Lipinski definition) is 2. The molecule has 2 amide bonds. The van der Waals surface area contributed by atoms with Crippen molar-refractivity contribution in [2.75, 3.05) is 27.2 Å². The molecule has 0 spiro atoms. The molecule has 0 fully saturated rings. The molecule has 0 aliphatic heterocycles. The fourth-order valence-corrected chi connectivity index (χ4v) is 0.925. The Morgan fingerprint density at radius 1 is 1.40 bits per heavy atom. The van der Waals surface area contributed by atoms with Gasteiger partial charge in [0.05, 0.1) is 12.0 Å². The molecule has 0 saturated heterocycles. The molecule has 0 saturated carbocycles. The first-order valence-corrected chi connectivity index (χ1v) is 5.06. The number of nitrogens with one attached hydrogen (secondary N) is 1. The molecule has 0 aromatic carbocycles. The van der Waals surface area contributed by atoms with E-state index in [-0.39, 0.29) is 24.9 Å². The van der Waals surface area contributed by atoms with E-state index in [4.69, 9.17) is 5.73 Å². The van der Waals surface area contributed by atoms with Crippen LogP contribution in [0.4, 0.5) is 0 Å². The minimum atomic E-state index is -0.577. The lowest BCUT2D eigenvalue weighted by Crippen LogP contribution is -2.46. The summed E-state index contributed by atoms with van der Waals surface area (Å²) in [5, 5.41) is 2.60. The molecule has 3 N–H and O–H groups in total. The lowest BCUT2D eigenvalue weighted by molar-refractivity contribution is -0.134. The summed E-state index contributed by atoms with van der Waals surface area (Å²) in [5.74, 6) is -0.290. The van der Waals surface area contributed by atoms with Crippen LogP contribution < -0.4 is 11.1 Å². The normalized spacial score (nSPS) is 14.2. The molecule has 15 heavy (non-hydrogen) atoms. The van der Waals surface area contributed by atoms with E-state index in [0.29, 0.717) is 6.42 Å². The van der Waals surface area contributed by atoms with Crippen LogP contribution >= 0.6 is 0 Å². The second-order valence-corrected chi connectivity index (χ2v) is 4.09. The zero-order chi connectivity index (χ0) is 12.1. The Bertz CT molecular complexity index is 235. The van der Waals surface area contributed by atoms with Crippen molar-refractivity contribution in [3.05, 3.63) is 0 Å². The van der Waals surface area contributed by atoms with E-state index in [1.54, 1.807) is 21.0 Å². The quantitative estimate of drug-likeness (QED) is 0.653. The SMILES string of the molecule is CCC(C)(CN)C(=O)NCC(=O)N(C)C. The lowest BCUT2D eigenvalue weighted by atomic mass is 9.87. The molecule has 0 aliphatic rings. The van der Waals surface area contributed by atoms with Gasteiger partial charge in [0.25, 0.3) is 0 Å². The third-order valence-corrected chi connectivity index (χ3v) is 2.68. The van der Waals surface area contributed by atoms with E-state index < -0.39 is 5.41 Å². The number of likely N-dealkylation sites (N-methyl/N-ethyl adjacent to an activating group) is 1. The van der Waals surface area contributed by atoms with Crippen LogP contribution in [0.2, 0.25) is 0 Å². The number of carbonyl (C=O) groups is 2. The summed E-state index contributed by atoms with van der Waals surface area (Å²) in [4.78, 5) is 24.4. The fraction of sp³-hybridized carbons (Fsp3) is 0.800. The molecule has 1 unspecified atom stereocenters. The van der Waals surface area contributed by atoms with Crippen molar-refractivity contribution in [1.29, 1.82) is 0 Å². The smallest absolute Gasteiger partial charge is 0.241 e. The molecular formula is C10H21N3O2. The molecule has 0 bridgehead atoms. The monoisotopic (exact) mass is 215 g/mol. The van der Waals surface area contributed by atoms with Gasteiger partial charge in [0.2, 0.25) is 11.8 Å². The number of nitrogens with zero attached hydrogens (tertiary/aromatic N) is 1. The van der Waals surface area contributed by atoms with E-state index >= 15 is 0 Å². The zero-order valence-corrected chi connectivity index (χ0v) is 9.96. The lowest BCUT2D eigenvalue weighted by Gasteiger charge is -2.25. The Kier molecular flexibility index (Phi) is 5.28. The first-order chi connectivity index (χ1) is 6.87. The van der Waals surface area contributed by atoms with E-state index in [0.717, 1.165) is 0 Å². The van der Waals surface area contributed by atoms with Crippen molar-refractivity contribution in [2.45, 2.75) is 20.3 Å². The summed E-state index contributed by atoms with van der Waals surface area (Å²) < 4.78 is 0. The van der Waals surface area contributed by atoms with E-state index in [1.807, 2.05) is 6.92 Å².